The standard InChI is InChI=1S/C11H20/c1-2-3-4-9-5-6-10-7-8-11(9)10/h9-11H,2-8H2,1H3. The summed E-state index contributed by atoms with van der Waals surface area (Å²) < 4.78 is 0. The molecule has 64 valence electrons. The quantitative estimate of drug-likeness (QED) is 0.579. The molecule has 2 rings (SSSR count). The summed E-state index contributed by atoms with van der Waals surface area (Å²) in [4.78, 5) is 0. The summed E-state index contributed by atoms with van der Waals surface area (Å²) in [5, 5.41) is 0. The number of hydrogen-bond acceptors (Lipinski definition) is 0. The predicted octanol–water partition coefficient (Wildman–Crippen LogP) is 3.61. The molecule has 0 spiro atoms. The van der Waals surface area contributed by atoms with E-state index >= 15 is 0 Å². The first-order valence-corrected chi connectivity index (χ1v) is 5.42. The third-order valence-electron chi connectivity index (χ3n) is 3.92. The second-order valence-corrected chi connectivity index (χ2v) is 4.48. The molecule has 0 amide bonds. The van der Waals surface area contributed by atoms with E-state index in [9.17, 15) is 0 Å². The Balaban J connectivity index is 1.76. The molecule has 0 saturated heterocycles. The third-order valence-corrected chi connectivity index (χ3v) is 3.92. The van der Waals surface area contributed by atoms with Gasteiger partial charge in [0.25, 0.3) is 0 Å². The summed E-state index contributed by atoms with van der Waals surface area (Å²) in [7, 11) is 0. The normalized spacial score (nSPS) is 41.7. The van der Waals surface area contributed by atoms with Crippen LogP contribution in [0.1, 0.15) is 51.9 Å². The topological polar surface area (TPSA) is 0 Å². The van der Waals surface area contributed by atoms with Gasteiger partial charge < -0.3 is 0 Å². The maximum absolute atomic E-state index is 2.31. The maximum atomic E-state index is 2.31. The summed E-state index contributed by atoms with van der Waals surface area (Å²) in [6.45, 7) is 2.31. The van der Waals surface area contributed by atoms with E-state index in [4.69, 9.17) is 0 Å². The van der Waals surface area contributed by atoms with Gasteiger partial charge in [0.05, 0.1) is 0 Å². The van der Waals surface area contributed by atoms with Crippen molar-refractivity contribution < 1.29 is 0 Å². The highest BCUT2D eigenvalue weighted by molar-refractivity contribution is 4.91. The smallest absolute Gasteiger partial charge is 0.0357 e. The molecule has 0 nitrogen and oxygen atoms in total. The lowest BCUT2D eigenvalue weighted by Gasteiger charge is -2.34. The molecule has 0 heteroatoms. The fourth-order valence-corrected chi connectivity index (χ4v) is 3.04. The minimum atomic E-state index is 1.15. The molecule has 2 fully saturated rings. The van der Waals surface area contributed by atoms with Crippen LogP contribution in [0.4, 0.5) is 0 Å². The lowest BCUT2D eigenvalue weighted by Crippen LogP contribution is -2.24. The van der Waals surface area contributed by atoms with Gasteiger partial charge in [-0.3, -0.25) is 0 Å². The highest BCUT2D eigenvalue weighted by Crippen LogP contribution is 2.51. The molecule has 0 aliphatic heterocycles. The molecule has 0 N–H and O–H groups in total. The number of hydrogen-bond donors (Lipinski definition) is 0. The number of unbranched alkanes of at least 4 members (excludes halogenated alkanes) is 1. The molecule has 0 heterocycles. The Morgan fingerprint density at radius 2 is 1.91 bits per heavy atom. The van der Waals surface area contributed by atoms with Crippen molar-refractivity contribution >= 4 is 0 Å². The maximum Gasteiger partial charge on any atom is -0.0357 e. The molecule has 2 saturated carbocycles. The molecular weight excluding hydrogens is 132 g/mol. The van der Waals surface area contributed by atoms with Crippen molar-refractivity contribution in [3.8, 4) is 0 Å². The highest BCUT2D eigenvalue weighted by atomic mass is 14.5. The fourth-order valence-electron chi connectivity index (χ4n) is 3.04. The number of fused-ring (bicyclic) bond motifs is 1. The second kappa shape index (κ2) is 3.16. The molecule has 11 heavy (non-hydrogen) atoms. The first-order valence-electron chi connectivity index (χ1n) is 5.42. The van der Waals surface area contributed by atoms with Gasteiger partial charge in [-0.2, -0.15) is 0 Å². The molecule has 0 aromatic rings. The summed E-state index contributed by atoms with van der Waals surface area (Å²) in [6.07, 6.45) is 10.7. The van der Waals surface area contributed by atoms with Crippen LogP contribution in [-0.2, 0) is 0 Å². The Kier molecular flexibility index (Phi) is 2.20. The molecule has 0 aromatic carbocycles. The Labute approximate surface area is 70.4 Å². The van der Waals surface area contributed by atoms with Gasteiger partial charge in [0.2, 0.25) is 0 Å². The minimum Gasteiger partial charge on any atom is -0.0654 e. The molecule has 3 unspecified atom stereocenters. The van der Waals surface area contributed by atoms with E-state index in [2.05, 4.69) is 6.92 Å². The molecule has 2 aliphatic carbocycles. The first kappa shape index (κ1) is 7.64. The van der Waals surface area contributed by atoms with Crippen molar-refractivity contribution in [1.82, 2.24) is 0 Å². The first-order chi connectivity index (χ1) is 5.42. The van der Waals surface area contributed by atoms with Crippen LogP contribution in [0.2, 0.25) is 0 Å². The van der Waals surface area contributed by atoms with Gasteiger partial charge >= 0.3 is 0 Å². The number of rotatable bonds is 3. The van der Waals surface area contributed by atoms with E-state index < -0.39 is 0 Å². The zero-order chi connectivity index (χ0) is 7.68. The van der Waals surface area contributed by atoms with Crippen LogP contribution < -0.4 is 0 Å². The van der Waals surface area contributed by atoms with Crippen molar-refractivity contribution in [3.05, 3.63) is 0 Å². The largest absolute Gasteiger partial charge is 0.0654 e. The van der Waals surface area contributed by atoms with Crippen molar-refractivity contribution in [1.29, 1.82) is 0 Å². The summed E-state index contributed by atoms with van der Waals surface area (Å²) in [6, 6.07) is 0. The third kappa shape index (κ3) is 1.32. The van der Waals surface area contributed by atoms with Crippen LogP contribution in [0.15, 0.2) is 0 Å². The predicted molar refractivity (Wildman–Crippen MR) is 48.5 cm³/mol. The van der Waals surface area contributed by atoms with E-state index in [1.54, 1.807) is 25.7 Å². The fraction of sp³-hybridized carbons (Fsp3) is 1.00. The van der Waals surface area contributed by atoms with Gasteiger partial charge in [-0.05, 0) is 43.4 Å². The highest BCUT2D eigenvalue weighted by Gasteiger charge is 2.41. The van der Waals surface area contributed by atoms with Crippen molar-refractivity contribution in [3.63, 3.8) is 0 Å². The van der Waals surface area contributed by atoms with Crippen molar-refractivity contribution in [2.24, 2.45) is 17.8 Å². The summed E-state index contributed by atoms with van der Waals surface area (Å²) in [5.74, 6) is 3.51. The van der Waals surface area contributed by atoms with E-state index in [-0.39, 0.29) is 0 Å². The molecule has 0 radical (unpaired) electrons. The van der Waals surface area contributed by atoms with Crippen molar-refractivity contribution in [2.75, 3.05) is 0 Å². The molecule has 0 aromatic heterocycles. The van der Waals surface area contributed by atoms with E-state index in [1.807, 2.05) is 0 Å². The second-order valence-electron chi connectivity index (χ2n) is 4.48. The van der Waals surface area contributed by atoms with Gasteiger partial charge in [0.1, 0.15) is 0 Å². The monoisotopic (exact) mass is 152 g/mol. The zero-order valence-electron chi connectivity index (χ0n) is 7.68. The summed E-state index contributed by atoms with van der Waals surface area (Å²) >= 11 is 0. The Bertz CT molecular complexity index is 128. The Hall–Kier alpha value is 0. The zero-order valence-corrected chi connectivity index (χ0v) is 7.68. The molecule has 0 bridgehead atoms. The lowest BCUT2D eigenvalue weighted by atomic mass is 9.72. The van der Waals surface area contributed by atoms with Crippen LogP contribution in [-0.4, -0.2) is 0 Å². The molecule has 2 aliphatic rings. The van der Waals surface area contributed by atoms with Crippen LogP contribution in [0.25, 0.3) is 0 Å². The van der Waals surface area contributed by atoms with Crippen LogP contribution >= 0.6 is 0 Å². The lowest BCUT2D eigenvalue weighted by molar-refractivity contribution is 0.164. The molecular formula is C11H20. The van der Waals surface area contributed by atoms with Gasteiger partial charge in [0, 0.05) is 0 Å². The van der Waals surface area contributed by atoms with Crippen LogP contribution in [0, 0.1) is 17.8 Å². The average molecular weight is 152 g/mol. The van der Waals surface area contributed by atoms with Gasteiger partial charge in [-0.25, -0.2) is 0 Å². The van der Waals surface area contributed by atoms with E-state index in [1.165, 1.54) is 31.1 Å². The van der Waals surface area contributed by atoms with E-state index in [0.29, 0.717) is 0 Å². The van der Waals surface area contributed by atoms with Gasteiger partial charge in [-0.15, -0.1) is 0 Å². The SMILES string of the molecule is CCCCC1CCC2CCC12. The minimum absolute atomic E-state index is 1.15. The Morgan fingerprint density at radius 1 is 1.09 bits per heavy atom. The summed E-state index contributed by atoms with van der Waals surface area (Å²) in [5.41, 5.74) is 0. The Morgan fingerprint density at radius 3 is 2.45 bits per heavy atom. The van der Waals surface area contributed by atoms with Crippen molar-refractivity contribution in [2.45, 2.75) is 51.9 Å². The van der Waals surface area contributed by atoms with Gasteiger partial charge in [0.15, 0.2) is 0 Å². The van der Waals surface area contributed by atoms with Crippen LogP contribution in [0.3, 0.4) is 0 Å². The average Bonchev–Trinajstić information content (AvgIpc) is 2.22. The van der Waals surface area contributed by atoms with Crippen LogP contribution in [0.5, 0.6) is 0 Å². The van der Waals surface area contributed by atoms with Gasteiger partial charge in [-0.1, -0.05) is 26.2 Å². The molecule has 3 atom stereocenters. The van der Waals surface area contributed by atoms with E-state index in [0.717, 1.165) is 5.92 Å².